The van der Waals surface area contributed by atoms with Gasteiger partial charge in [0.15, 0.2) is 6.79 Å². The number of nitrogens with zero attached hydrogens (tertiary/aromatic N) is 1. The van der Waals surface area contributed by atoms with Gasteiger partial charge in [-0.3, -0.25) is 4.90 Å². The Kier molecular flexibility index (Phi) is 5.85. The molecule has 118 valence electrons. The predicted molar refractivity (Wildman–Crippen MR) is 83.2 cm³/mol. The van der Waals surface area contributed by atoms with Crippen molar-refractivity contribution in [2.24, 2.45) is 0 Å². The molecule has 2 rings (SSSR count). The van der Waals surface area contributed by atoms with Crippen molar-refractivity contribution in [3.8, 4) is 5.75 Å². The Hall–Kier alpha value is -1.30. The van der Waals surface area contributed by atoms with Crippen molar-refractivity contribution in [1.29, 1.82) is 0 Å². The topological polar surface area (TPSA) is 57.0 Å². The summed E-state index contributed by atoms with van der Waals surface area (Å²) < 4.78 is 16.2. The van der Waals surface area contributed by atoms with Crippen molar-refractivity contribution in [2.75, 3.05) is 32.8 Å². The van der Waals surface area contributed by atoms with E-state index in [0.717, 1.165) is 48.7 Å². The number of fused-ring (bicyclic) bond motifs is 1. The van der Waals surface area contributed by atoms with Gasteiger partial charge in [0.05, 0.1) is 13.2 Å². The lowest BCUT2D eigenvalue weighted by Crippen LogP contribution is -2.35. The molecule has 5 heteroatoms. The summed E-state index contributed by atoms with van der Waals surface area (Å²) in [5.74, 6) is 0.932. The monoisotopic (exact) mass is 294 g/mol. The van der Waals surface area contributed by atoms with Gasteiger partial charge in [0, 0.05) is 43.1 Å². The number of nitrogens with two attached hydrogens (primary N) is 1. The smallest absolute Gasteiger partial charge is 0.189 e. The molecule has 0 spiro atoms. The summed E-state index contributed by atoms with van der Waals surface area (Å²) in [6.07, 6.45) is 1.10. The fourth-order valence-electron chi connectivity index (χ4n) is 2.58. The van der Waals surface area contributed by atoms with Gasteiger partial charge in [-0.15, -0.1) is 0 Å². The van der Waals surface area contributed by atoms with Crippen molar-refractivity contribution in [3.63, 3.8) is 0 Å². The number of benzene rings is 1. The molecule has 1 unspecified atom stereocenters. The van der Waals surface area contributed by atoms with E-state index >= 15 is 0 Å². The van der Waals surface area contributed by atoms with E-state index in [-0.39, 0.29) is 0 Å². The van der Waals surface area contributed by atoms with Crippen LogP contribution in [0.2, 0.25) is 0 Å². The minimum Gasteiger partial charge on any atom is -0.467 e. The van der Waals surface area contributed by atoms with E-state index < -0.39 is 0 Å². The van der Waals surface area contributed by atoms with E-state index in [1.54, 1.807) is 7.11 Å². The van der Waals surface area contributed by atoms with Crippen LogP contribution in [0.1, 0.15) is 31.4 Å². The van der Waals surface area contributed by atoms with Crippen LogP contribution >= 0.6 is 0 Å². The van der Waals surface area contributed by atoms with Gasteiger partial charge in [-0.25, -0.2) is 0 Å². The summed E-state index contributed by atoms with van der Waals surface area (Å²) in [6, 6.07) is 4.42. The molecule has 0 saturated heterocycles. The highest BCUT2D eigenvalue weighted by Gasteiger charge is 2.20. The second kappa shape index (κ2) is 7.64. The molecule has 0 saturated carbocycles. The largest absolute Gasteiger partial charge is 0.467 e. The molecule has 1 atom stereocenters. The van der Waals surface area contributed by atoms with Crippen LogP contribution in [-0.4, -0.2) is 38.0 Å². The lowest BCUT2D eigenvalue weighted by molar-refractivity contribution is -0.0176. The second-order valence-electron chi connectivity index (χ2n) is 5.50. The van der Waals surface area contributed by atoms with E-state index in [4.69, 9.17) is 19.9 Å². The summed E-state index contributed by atoms with van der Waals surface area (Å²) in [5.41, 5.74) is 8.93. The van der Waals surface area contributed by atoms with Gasteiger partial charge in [0.2, 0.25) is 0 Å². The van der Waals surface area contributed by atoms with E-state index in [1.807, 2.05) is 12.1 Å². The number of anilines is 1. The third-order valence-electron chi connectivity index (χ3n) is 3.98. The molecule has 0 radical (unpaired) electrons. The zero-order valence-corrected chi connectivity index (χ0v) is 13.2. The summed E-state index contributed by atoms with van der Waals surface area (Å²) in [4.78, 5) is 2.40. The zero-order chi connectivity index (χ0) is 15.2. The van der Waals surface area contributed by atoms with Crippen molar-refractivity contribution in [2.45, 2.75) is 39.5 Å². The van der Waals surface area contributed by atoms with Crippen molar-refractivity contribution >= 4 is 5.69 Å². The maximum absolute atomic E-state index is 6.01. The Morgan fingerprint density at radius 3 is 2.95 bits per heavy atom. The third kappa shape index (κ3) is 4.09. The maximum atomic E-state index is 6.01. The third-order valence-corrected chi connectivity index (χ3v) is 3.98. The maximum Gasteiger partial charge on any atom is 0.189 e. The first-order valence-electron chi connectivity index (χ1n) is 7.50. The van der Waals surface area contributed by atoms with E-state index in [2.05, 4.69) is 18.7 Å². The van der Waals surface area contributed by atoms with Gasteiger partial charge < -0.3 is 19.9 Å². The summed E-state index contributed by atoms with van der Waals surface area (Å²) in [6.45, 7) is 7.73. The molecular weight excluding hydrogens is 268 g/mol. The summed E-state index contributed by atoms with van der Waals surface area (Å²) >= 11 is 0. The molecular formula is C16H26N2O3. The van der Waals surface area contributed by atoms with Crippen LogP contribution in [0.25, 0.3) is 0 Å². The highest BCUT2D eigenvalue weighted by Crippen LogP contribution is 2.32. The quantitative estimate of drug-likeness (QED) is 0.783. The Morgan fingerprint density at radius 1 is 1.43 bits per heavy atom. The highest BCUT2D eigenvalue weighted by atomic mass is 16.7. The number of nitrogen functional groups attached to an aromatic ring is 1. The van der Waals surface area contributed by atoms with Crippen molar-refractivity contribution in [3.05, 3.63) is 23.3 Å². The van der Waals surface area contributed by atoms with Crippen LogP contribution in [0, 0.1) is 0 Å². The summed E-state index contributed by atoms with van der Waals surface area (Å²) in [7, 11) is 1.73. The van der Waals surface area contributed by atoms with Gasteiger partial charge in [-0.2, -0.15) is 0 Å². The minimum atomic E-state index is 0.311. The van der Waals surface area contributed by atoms with Crippen LogP contribution in [0.15, 0.2) is 12.1 Å². The van der Waals surface area contributed by atoms with Crippen LogP contribution in [0.5, 0.6) is 5.75 Å². The van der Waals surface area contributed by atoms with Gasteiger partial charge in [0.1, 0.15) is 5.75 Å². The first kappa shape index (κ1) is 16.1. The standard InChI is InChI=1S/C16H26N2O3/c1-4-12(2)18(5-6-19-3)9-13-7-15(17)8-14-10-20-11-21-16(13)14/h7-8,12H,4-6,9-11,17H2,1-3H3. The Morgan fingerprint density at radius 2 is 2.24 bits per heavy atom. The number of ether oxygens (including phenoxy) is 3. The molecule has 2 N–H and O–H groups in total. The number of methoxy groups -OCH3 is 1. The molecule has 1 aromatic rings. The molecule has 1 heterocycles. The molecule has 1 aliphatic heterocycles. The lowest BCUT2D eigenvalue weighted by Gasteiger charge is -2.30. The zero-order valence-electron chi connectivity index (χ0n) is 13.2. The molecule has 21 heavy (non-hydrogen) atoms. The fourth-order valence-corrected chi connectivity index (χ4v) is 2.58. The Labute approximate surface area is 127 Å². The first-order chi connectivity index (χ1) is 10.2. The molecule has 0 amide bonds. The number of hydrogen-bond acceptors (Lipinski definition) is 5. The van der Waals surface area contributed by atoms with Gasteiger partial charge in [0.25, 0.3) is 0 Å². The summed E-state index contributed by atoms with van der Waals surface area (Å²) in [5, 5.41) is 0. The molecule has 0 aromatic heterocycles. The fraction of sp³-hybridized carbons (Fsp3) is 0.625. The minimum absolute atomic E-state index is 0.311. The van der Waals surface area contributed by atoms with Crippen molar-refractivity contribution < 1.29 is 14.2 Å². The molecule has 1 aliphatic rings. The second-order valence-corrected chi connectivity index (χ2v) is 5.50. The Bertz CT molecular complexity index is 465. The van der Waals surface area contributed by atoms with Crippen molar-refractivity contribution in [1.82, 2.24) is 4.90 Å². The van der Waals surface area contributed by atoms with E-state index in [0.29, 0.717) is 19.4 Å². The molecule has 0 aliphatic carbocycles. The van der Waals surface area contributed by atoms with Crippen LogP contribution < -0.4 is 10.5 Å². The van der Waals surface area contributed by atoms with E-state index in [1.165, 1.54) is 0 Å². The molecule has 1 aromatic carbocycles. The number of hydrogen-bond donors (Lipinski definition) is 1. The average molecular weight is 294 g/mol. The Balaban J connectivity index is 2.21. The van der Waals surface area contributed by atoms with Crippen LogP contribution in [-0.2, 0) is 22.6 Å². The number of rotatable bonds is 7. The van der Waals surface area contributed by atoms with Gasteiger partial charge in [-0.05, 0) is 25.5 Å². The van der Waals surface area contributed by atoms with Gasteiger partial charge in [-0.1, -0.05) is 6.92 Å². The SMILES string of the molecule is CCC(C)N(CCOC)Cc1cc(N)cc2c1OCOC2. The highest BCUT2D eigenvalue weighted by molar-refractivity contribution is 5.53. The molecule has 0 bridgehead atoms. The first-order valence-corrected chi connectivity index (χ1v) is 7.50. The lowest BCUT2D eigenvalue weighted by atomic mass is 10.1. The molecule has 5 nitrogen and oxygen atoms in total. The van der Waals surface area contributed by atoms with Crippen LogP contribution in [0.3, 0.4) is 0 Å². The molecule has 0 fully saturated rings. The average Bonchev–Trinajstić information content (AvgIpc) is 2.50. The van der Waals surface area contributed by atoms with E-state index in [9.17, 15) is 0 Å². The predicted octanol–water partition coefficient (Wildman–Crippen LogP) is 2.38. The van der Waals surface area contributed by atoms with Gasteiger partial charge >= 0.3 is 0 Å². The normalized spacial score (nSPS) is 15.6. The van der Waals surface area contributed by atoms with Crippen LogP contribution in [0.4, 0.5) is 5.69 Å².